The number of hydrogen-bond donors (Lipinski definition) is 0. The van der Waals surface area contributed by atoms with Gasteiger partial charge in [-0.15, -0.1) is 0 Å². The fourth-order valence-corrected chi connectivity index (χ4v) is 4.43. The summed E-state index contributed by atoms with van der Waals surface area (Å²) in [5.41, 5.74) is 2.07. The van der Waals surface area contributed by atoms with Crippen LogP contribution in [0.1, 0.15) is 0 Å². The summed E-state index contributed by atoms with van der Waals surface area (Å²) in [4.78, 5) is 16.0. The Morgan fingerprint density at radius 1 is 1.17 bits per heavy atom. The van der Waals surface area contributed by atoms with Gasteiger partial charge in [0.2, 0.25) is 0 Å². The number of nitrogens with zero attached hydrogens (tertiary/aromatic N) is 3. The standard InChI is InChI=1S/C16H21IN3O3P/c17-7-13-8-19(16(21)23-13)12-3-1-11(2-4-12)18-9-14-15(10-18)22-6-5-20(14)24/h1-4,13-15H,5-10,24H2. The smallest absolute Gasteiger partial charge is 0.414 e. The lowest BCUT2D eigenvalue weighted by Crippen LogP contribution is -2.45. The first-order valence-electron chi connectivity index (χ1n) is 8.18. The molecule has 3 aliphatic heterocycles. The number of fused-ring (bicyclic) bond motifs is 1. The number of rotatable bonds is 3. The Morgan fingerprint density at radius 2 is 1.92 bits per heavy atom. The van der Waals surface area contributed by atoms with E-state index >= 15 is 0 Å². The Kier molecular flexibility index (Phi) is 4.86. The van der Waals surface area contributed by atoms with Crippen molar-refractivity contribution in [3.63, 3.8) is 0 Å². The number of anilines is 2. The second kappa shape index (κ2) is 6.94. The van der Waals surface area contributed by atoms with Crippen molar-refractivity contribution in [1.82, 2.24) is 4.67 Å². The first-order valence-corrected chi connectivity index (χ1v) is 10.2. The molecule has 0 aliphatic carbocycles. The van der Waals surface area contributed by atoms with Gasteiger partial charge in [0.05, 0.1) is 25.3 Å². The summed E-state index contributed by atoms with van der Waals surface area (Å²) in [5.74, 6) is 0. The molecule has 1 amide bonds. The van der Waals surface area contributed by atoms with Crippen LogP contribution in [0.5, 0.6) is 0 Å². The first-order chi connectivity index (χ1) is 11.7. The van der Waals surface area contributed by atoms with Crippen molar-refractivity contribution in [2.75, 3.05) is 47.0 Å². The Morgan fingerprint density at radius 3 is 2.58 bits per heavy atom. The highest BCUT2D eigenvalue weighted by molar-refractivity contribution is 14.1. The van der Waals surface area contributed by atoms with E-state index < -0.39 is 0 Å². The van der Waals surface area contributed by atoms with Gasteiger partial charge in [0.1, 0.15) is 6.10 Å². The quantitative estimate of drug-likeness (QED) is 0.392. The molecule has 8 heteroatoms. The Bertz CT molecular complexity index is 617. The second-order valence-electron chi connectivity index (χ2n) is 6.41. The van der Waals surface area contributed by atoms with E-state index in [-0.39, 0.29) is 18.3 Å². The van der Waals surface area contributed by atoms with Crippen molar-refractivity contribution in [1.29, 1.82) is 0 Å². The zero-order valence-electron chi connectivity index (χ0n) is 13.3. The van der Waals surface area contributed by atoms with E-state index in [0.29, 0.717) is 12.6 Å². The molecule has 1 aromatic rings. The van der Waals surface area contributed by atoms with Crippen molar-refractivity contribution in [2.45, 2.75) is 18.2 Å². The van der Waals surface area contributed by atoms with E-state index in [2.05, 4.69) is 53.7 Å². The largest absolute Gasteiger partial charge is 0.443 e. The molecule has 4 atom stereocenters. The second-order valence-corrected chi connectivity index (χ2v) is 7.95. The van der Waals surface area contributed by atoms with Crippen LogP contribution in [0.15, 0.2) is 24.3 Å². The Hall–Kier alpha value is -0.630. The number of benzene rings is 1. The zero-order chi connectivity index (χ0) is 16.7. The molecule has 130 valence electrons. The highest BCUT2D eigenvalue weighted by atomic mass is 127. The van der Waals surface area contributed by atoms with Crippen molar-refractivity contribution >= 4 is 49.4 Å². The predicted octanol–water partition coefficient (Wildman–Crippen LogP) is 2.13. The molecule has 0 aromatic heterocycles. The number of halogens is 1. The van der Waals surface area contributed by atoms with Crippen LogP contribution >= 0.6 is 32.0 Å². The van der Waals surface area contributed by atoms with Gasteiger partial charge >= 0.3 is 6.09 Å². The van der Waals surface area contributed by atoms with Crippen LogP contribution in [-0.4, -0.2) is 66.2 Å². The number of hydrogen-bond acceptors (Lipinski definition) is 5. The molecule has 3 heterocycles. The zero-order valence-corrected chi connectivity index (χ0v) is 16.6. The summed E-state index contributed by atoms with van der Waals surface area (Å²) in [6.07, 6.45) is 0.0159. The molecule has 3 aliphatic rings. The summed E-state index contributed by atoms with van der Waals surface area (Å²) in [5, 5.41) is 0. The van der Waals surface area contributed by atoms with Gasteiger partial charge in [-0.3, -0.25) is 9.57 Å². The molecular formula is C16H21IN3O3P. The summed E-state index contributed by atoms with van der Waals surface area (Å²) in [6.45, 7) is 4.28. The summed E-state index contributed by atoms with van der Waals surface area (Å²) in [7, 11) is 2.83. The fraction of sp³-hybridized carbons (Fsp3) is 0.562. The molecule has 3 saturated heterocycles. The molecule has 1 aromatic carbocycles. The lowest BCUT2D eigenvalue weighted by molar-refractivity contribution is -0.0115. The van der Waals surface area contributed by atoms with Crippen molar-refractivity contribution in [2.24, 2.45) is 0 Å². The third-order valence-corrected chi connectivity index (χ3v) is 6.54. The van der Waals surface area contributed by atoms with Crippen molar-refractivity contribution < 1.29 is 14.3 Å². The van der Waals surface area contributed by atoms with Crippen LogP contribution in [0.3, 0.4) is 0 Å². The van der Waals surface area contributed by atoms with Gasteiger partial charge in [-0.05, 0) is 24.3 Å². The van der Waals surface area contributed by atoms with Crippen LogP contribution in [0.4, 0.5) is 16.2 Å². The number of alkyl halides is 1. The monoisotopic (exact) mass is 461 g/mol. The average molecular weight is 461 g/mol. The highest BCUT2D eigenvalue weighted by Crippen LogP contribution is 2.31. The summed E-state index contributed by atoms with van der Waals surface area (Å²) >= 11 is 2.25. The van der Waals surface area contributed by atoms with Crippen LogP contribution in [-0.2, 0) is 9.47 Å². The molecule has 0 bridgehead atoms. The normalized spacial score (nSPS) is 30.6. The van der Waals surface area contributed by atoms with E-state index in [0.717, 1.165) is 36.4 Å². The fourth-order valence-electron chi connectivity index (χ4n) is 3.58. The van der Waals surface area contributed by atoms with Gasteiger partial charge in [0.25, 0.3) is 0 Å². The van der Waals surface area contributed by atoms with Gasteiger partial charge in [0, 0.05) is 35.4 Å². The molecule has 0 spiro atoms. The van der Waals surface area contributed by atoms with E-state index in [1.54, 1.807) is 4.90 Å². The van der Waals surface area contributed by atoms with E-state index in [4.69, 9.17) is 9.47 Å². The lowest BCUT2D eigenvalue weighted by atomic mass is 10.2. The highest BCUT2D eigenvalue weighted by Gasteiger charge is 2.39. The Balaban J connectivity index is 1.46. The van der Waals surface area contributed by atoms with Crippen molar-refractivity contribution in [3.8, 4) is 0 Å². The molecule has 0 radical (unpaired) electrons. The topological polar surface area (TPSA) is 45.3 Å². The first kappa shape index (κ1) is 16.8. The molecule has 3 fully saturated rings. The number of ether oxygens (including phenoxy) is 2. The minimum absolute atomic E-state index is 0.00957. The number of carbonyl (C=O) groups excluding carboxylic acids is 1. The van der Waals surface area contributed by atoms with E-state index in [1.165, 1.54) is 5.69 Å². The minimum Gasteiger partial charge on any atom is -0.443 e. The third-order valence-electron chi connectivity index (χ3n) is 4.92. The molecule has 6 nitrogen and oxygen atoms in total. The SMILES string of the molecule is O=C1OC(CI)CN1c1ccc(N2CC3OCCN(P)C3C2)cc1. The van der Waals surface area contributed by atoms with Crippen molar-refractivity contribution in [3.05, 3.63) is 24.3 Å². The third kappa shape index (κ3) is 3.11. The van der Waals surface area contributed by atoms with Crippen LogP contribution < -0.4 is 9.80 Å². The average Bonchev–Trinajstić information content (AvgIpc) is 3.19. The van der Waals surface area contributed by atoms with Gasteiger partial charge < -0.3 is 14.4 Å². The molecule has 0 N–H and O–H groups in total. The van der Waals surface area contributed by atoms with E-state index in [9.17, 15) is 4.79 Å². The van der Waals surface area contributed by atoms with Gasteiger partial charge in [0.15, 0.2) is 0 Å². The van der Waals surface area contributed by atoms with Gasteiger partial charge in [-0.1, -0.05) is 32.0 Å². The molecule has 24 heavy (non-hydrogen) atoms. The summed E-state index contributed by atoms with van der Waals surface area (Å²) < 4.78 is 14.4. The number of amides is 1. The summed E-state index contributed by atoms with van der Waals surface area (Å²) in [6, 6.07) is 8.62. The predicted molar refractivity (Wildman–Crippen MR) is 105 cm³/mol. The molecular weight excluding hydrogens is 440 g/mol. The van der Waals surface area contributed by atoms with Gasteiger partial charge in [-0.2, -0.15) is 0 Å². The molecule has 4 rings (SSSR count). The maximum absolute atomic E-state index is 12.0. The Labute approximate surface area is 157 Å². The van der Waals surface area contributed by atoms with Gasteiger partial charge in [-0.25, -0.2) is 4.79 Å². The maximum atomic E-state index is 12.0. The van der Waals surface area contributed by atoms with E-state index in [1.807, 2.05) is 12.1 Å². The number of cyclic esters (lactones) is 1. The van der Waals surface area contributed by atoms with Crippen LogP contribution in [0.2, 0.25) is 0 Å². The number of morpholine rings is 1. The lowest BCUT2D eigenvalue weighted by Gasteiger charge is -2.33. The molecule has 4 unspecified atom stereocenters. The number of carbonyl (C=O) groups is 1. The maximum Gasteiger partial charge on any atom is 0.414 e. The van der Waals surface area contributed by atoms with Crippen LogP contribution in [0.25, 0.3) is 0 Å². The molecule has 0 saturated carbocycles. The van der Waals surface area contributed by atoms with Crippen LogP contribution in [0, 0.1) is 0 Å². The minimum atomic E-state index is -0.247.